The second-order valence-electron chi connectivity index (χ2n) is 9.77. The summed E-state index contributed by atoms with van der Waals surface area (Å²) in [6.45, 7) is 13.8. The fourth-order valence-electron chi connectivity index (χ4n) is 6.41. The van der Waals surface area contributed by atoms with Crippen LogP contribution in [0.1, 0.15) is 57.1 Å². The molecule has 31 heavy (non-hydrogen) atoms. The Labute approximate surface area is 188 Å². The second-order valence-corrected chi connectivity index (χ2v) is 9.77. The number of rotatable bonds is 5. The molecule has 0 heterocycles. The predicted octanol–water partition coefficient (Wildman–Crippen LogP) is 8.32. The summed E-state index contributed by atoms with van der Waals surface area (Å²) in [5.41, 5.74) is 12.9. The fourth-order valence-corrected chi connectivity index (χ4v) is 6.41. The van der Waals surface area contributed by atoms with E-state index >= 15 is 0 Å². The van der Waals surface area contributed by atoms with Crippen LogP contribution in [0.2, 0.25) is 0 Å². The molecule has 0 N–H and O–H groups in total. The van der Waals surface area contributed by atoms with Crippen LogP contribution in [0.5, 0.6) is 0 Å². The van der Waals surface area contributed by atoms with Crippen LogP contribution in [0.4, 0.5) is 0 Å². The SMILES string of the molecule is C=C(CCC)C1=C(C)C=C2C/C(=C/C3=CCc4ccccc43)C(=C)C2C1C1CC=CC1. The molecule has 1 saturated carbocycles. The smallest absolute Gasteiger partial charge is 0.0123 e. The summed E-state index contributed by atoms with van der Waals surface area (Å²) in [5, 5.41) is 0. The third kappa shape index (κ3) is 3.47. The van der Waals surface area contributed by atoms with Crippen molar-refractivity contribution in [3.05, 3.63) is 112 Å². The molecule has 0 bridgehead atoms. The Balaban J connectivity index is 1.51. The molecule has 0 heteroatoms. The Morgan fingerprint density at radius 1 is 1.16 bits per heavy atom. The zero-order valence-electron chi connectivity index (χ0n) is 19.1. The molecule has 0 saturated heterocycles. The van der Waals surface area contributed by atoms with Crippen LogP contribution in [0, 0.1) is 17.8 Å². The Morgan fingerprint density at radius 3 is 2.71 bits per heavy atom. The van der Waals surface area contributed by atoms with Crippen molar-refractivity contribution in [1.82, 2.24) is 0 Å². The molecule has 2 unspecified atom stereocenters. The van der Waals surface area contributed by atoms with Crippen molar-refractivity contribution in [2.24, 2.45) is 17.8 Å². The van der Waals surface area contributed by atoms with E-state index in [0.717, 1.165) is 25.7 Å². The van der Waals surface area contributed by atoms with Gasteiger partial charge in [0.05, 0.1) is 0 Å². The molecule has 1 aromatic rings. The highest BCUT2D eigenvalue weighted by atomic mass is 14.5. The number of hydrogen-bond acceptors (Lipinski definition) is 0. The lowest BCUT2D eigenvalue weighted by molar-refractivity contribution is 0.338. The molecule has 4 aliphatic carbocycles. The zero-order valence-corrected chi connectivity index (χ0v) is 19.1. The first-order valence-electron chi connectivity index (χ1n) is 12.0. The molecule has 0 aliphatic heterocycles. The van der Waals surface area contributed by atoms with Gasteiger partial charge in [-0.05, 0) is 89.9 Å². The van der Waals surface area contributed by atoms with Crippen LogP contribution >= 0.6 is 0 Å². The number of hydrogen-bond donors (Lipinski definition) is 0. The average molecular weight is 407 g/mol. The lowest BCUT2D eigenvalue weighted by Gasteiger charge is -2.38. The predicted molar refractivity (Wildman–Crippen MR) is 134 cm³/mol. The summed E-state index contributed by atoms with van der Waals surface area (Å²) in [6.07, 6.45) is 18.8. The normalized spacial score (nSPS) is 26.4. The minimum atomic E-state index is 0.445. The molecule has 1 fully saturated rings. The van der Waals surface area contributed by atoms with Gasteiger partial charge in [-0.2, -0.15) is 0 Å². The van der Waals surface area contributed by atoms with E-state index in [1.165, 1.54) is 57.4 Å². The molecule has 0 radical (unpaired) electrons. The second kappa shape index (κ2) is 8.15. The Hall–Kier alpha value is -2.60. The van der Waals surface area contributed by atoms with Crippen molar-refractivity contribution in [1.29, 1.82) is 0 Å². The summed E-state index contributed by atoms with van der Waals surface area (Å²) in [5.74, 6) is 1.65. The van der Waals surface area contributed by atoms with Crippen molar-refractivity contribution in [3.8, 4) is 0 Å². The first-order valence-corrected chi connectivity index (χ1v) is 12.0. The van der Waals surface area contributed by atoms with Gasteiger partial charge in [0.2, 0.25) is 0 Å². The minimum absolute atomic E-state index is 0.445. The maximum atomic E-state index is 4.70. The van der Waals surface area contributed by atoms with Crippen LogP contribution in [-0.4, -0.2) is 0 Å². The summed E-state index contributed by atoms with van der Waals surface area (Å²) >= 11 is 0. The third-order valence-corrected chi connectivity index (χ3v) is 7.79. The molecule has 158 valence electrons. The molecule has 0 spiro atoms. The van der Waals surface area contributed by atoms with E-state index in [2.05, 4.69) is 75.1 Å². The monoisotopic (exact) mass is 406 g/mol. The van der Waals surface area contributed by atoms with Gasteiger partial charge >= 0.3 is 0 Å². The summed E-state index contributed by atoms with van der Waals surface area (Å²) in [4.78, 5) is 0. The first kappa shape index (κ1) is 20.3. The topological polar surface area (TPSA) is 0 Å². The molecule has 0 nitrogen and oxygen atoms in total. The molecule has 0 amide bonds. The van der Waals surface area contributed by atoms with Crippen molar-refractivity contribution >= 4 is 5.57 Å². The standard InChI is InChI=1S/C31H34/c1-5-10-20(2)29-21(3)17-27-19-26(18-25-16-15-23-11-8-9-14-28(23)25)22(4)30(27)31(29)24-12-6-7-13-24/h6-9,11,14,16-18,24,30-31H,2,4-5,10,12-13,15,19H2,1,3H3/b26-18-. The van der Waals surface area contributed by atoms with E-state index in [4.69, 9.17) is 6.58 Å². The minimum Gasteiger partial charge on any atom is -0.0955 e. The quantitative estimate of drug-likeness (QED) is 0.431. The molecular formula is C31H34. The van der Waals surface area contributed by atoms with Gasteiger partial charge in [0, 0.05) is 5.92 Å². The van der Waals surface area contributed by atoms with Crippen LogP contribution in [0.3, 0.4) is 0 Å². The fraction of sp³-hybridized carbons (Fsp3) is 0.355. The highest BCUT2D eigenvalue weighted by Crippen LogP contribution is 2.55. The number of fused-ring (bicyclic) bond motifs is 2. The van der Waals surface area contributed by atoms with Gasteiger partial charge in [-0.25, -0.2) is 0 Å². The highest BCUT2D eigenvalue weighted by Gasteiger charge is 2.43. The molecule has 1 aromatic carbocycles. The Morgan fingerprint density at radius 2 is 1.94 bits per heavy atom. The van der Waals surface area contributed by atoms with E-state index in [1.807, 2.05) is 0 Å². The van der Waals surface area contributed by atoms with E-state index in [0.29, 0.717) is 17.8 Å². The lowest BCUT2D eigenvalue weighted by Crippen LogP contribution is -2.28. The van der Waals surface area contributed by atoms with E-state index < -0.39 is 0 Å². The van der Waals surface area contributed by atoms with Crippen LogP contribution in [0.25, 0.3) is 5.57 Å². The van der Waals surface area contributed by atoms with Gasteiger partial charge in [0.1, 0.15) is 0 Å². The summed E-state index contributed by atoms with van der Waals surface area (Å²) in [6, 6.07) is 8.83. The summed E-state index contributed by atoms with van der Waals surface area (Å²) in [7, 11) is 0. The van der Waals surface area contributed by atoms with Crippen LogP contribution in [-0.2, 0) is 6.42 Å². The number of allylic oxidation sites excluding steroid dienone is 12. The van der Waals surface area contributed by atoms with Crippen molar-refractivity contribution < 1.29 is 0 Å². The van der Waals surface area contributed by atoms with Gasteiger partial charge in [0.15, 0.2) is 0 Å². The number of benzene rings is 1. The van der Waals surface area contributed by atoms with Gasteiger partial charge in [-0.3, -0.25) is 0 Å². The summed E-state index contributed by atoms with van der Waals surface area (Å²) < 4.78 is 0. The molecule has 2 atom stereocenters. The van der Waals surface area contributed by atoms with E-state index in [9.17, 15) is 0 Å². The van der Waals surface area contributed by atoms with Crippen LogP contribution in [0.15, 0.2) is 101 Å². The maximum absolute atomic E-state index is 4.70. The van der Waals surface area contributed by atoms with Crippen LogP contribution < -0.4 is 0 Å². The van der Waals surface area contributed by atoms with Gasteiger partial charge in [-0.15, -0.1) is 0 Å². The van der Waals surface area contributed by atoms with E-state index in [1.54, 1.807) is 5.57 Å². The molecule has 5 rings (SSSR count). The van der Waals surface area contributed by atoms with Gasteiger partial charge in [-0.1, -0.05) is 92.3 Å². The molecule has 4 aliphatic rings. The average Bonchev–Trinajstić information content (AvgIpc) is 3.48. The Bertz CT molecular complexity index is 1090. The zero-order chi connectivity index (χ0) is 21.5. The van der Waals surface area contributed by atoms with Gasteiger partial charge < -0.3 is 0 Å². The largest absolute Gasteiger partial charge is 0.0955 e. The molecule has 0 aromatic heterocycles. The molecular weight excluding hydrogens is 372 g/mol. The van der Waals surface area contributed by atoms with Gasteiger partial charge in [0.25, 0.3) is 0 Å². The van der Waals surface area contributed by atoms with Crippen molar-refractivity contribution in [2.45, 2.75) is 52.4 Å². The maximum Gasteiger partial charge on any atom is 0.0123 e. The van der Waals surface area contributed by atoms with Crippen molar-refractivity contribution in [3.63, 3.8) is 0 Å². The van der Waals surface area contributed by atoms with Crippen molar-refractivity contribution in [2.75, 3.05) is 0 Å². The highest BCUT2D eigenvalue weighted by molar-refractivity contribution is 5.81. The van der Waals surface area contributed by atoms with E-state index in [-0.39, 0.29) is 0 Å². The first-order chi connectivity index (χ1) is 15.1. The lowest BCUT2D eigenvalue weighted by atomic mass is 9.66. The Kier molecular flexibility index (Phi) is 5.34. The third-order valence-electron chi connectivity index (χ3n) is 7.79.